The second-order valence-electron chi connectivity index (χ2n) is 5.58. The molecule has 3 N–H and O–H groups in total. The maximum atomic E-state index is 6.00. The molecule has 88 valence electrons. The van der Waals surface area contributed by atoms with Crippen molar-refractivity contribution in [3.63, 3.8) is 0 Å². The van der Waals surface area contributed by atoms with E-state index in [1.54, 1.807) is 0 Å². The molecular formula is C13H26N2. The Morgan fingerprint density at radius 3 is 2.13 bits per heavy atom. The Balaban J connectivity index is 1.83. The van der Waals surface area contributed by atoms with Crippen molar-refractivity contribution in [2.45, 2.75) is 63.3 Å². The van der Waals surface area contributed by atoms with Crippen LogP contribution in [0.4, 0.5) is 0 Å². The first-order valence-electron chi connectivity index (χ1n) is 6.80. The smallest absolute Gasteiger partial charge is 0.0304 e. The van der Waals surface area contributed by atoms with Crippen LogP contribution in [0, 0.1) is 5.92 Å². The fourth-order valence-electron chi connectivity index (χ4n) is 2.72. The molecule has 0 bridgehead atoms. The minimum atomic E-state index is 0.295. The van der Waals surface area contributed by atoms with Crippen LogP contribution in [-0.4, -0.2) is 18.6 Å². The van der Waals surface area contributed by atoms with Gasteiger partial charge in [-0.2, -0.15) is 0 Å². The van der Waals surface area contributed by atoms with Gasteiger partial charge in [-0.3, -0.25) is 0 Å². The normalized spacial score (nSPS) is 27.0. The summed E-state index contributed by atoms with van der Waals surface area (Å²) in [4.78, 5) is 0. The summed E-state index contributed by atoms with van der Waals surface area (Å²) in [5, 5.41) is 3.79. The van der Waals surface area contributed by atoms with Crippen LogP contribution in [0.1, 0.15) is 57.8 Å². The first-order chi connectivity index (χ1) is 7.35. The van der Waals surface area contributed by atoms with Crippen LogP contribution in [0.25, 0.3) is 0 Å². The summed E-state index contributed by atoms with van der Waals surface area (Å²) in [6.45, 7) is 2.05. The van der Waals surface area contributed by atoms with Gasteiger partial charge < -0.3 is 11.1 Å². The topological polar surface area (TPSA) is 38.0 Å². The van der Waals surface area contributed by atoms with Crippen molar-refractivity contribution in [1.29, 1.82) is 0 Å². The molecule has 0 atom stereocenters. The van der Waals surface area contributed by atoms with Crippen LogP contribution in [0.2, 0.25) is 0 Å². The summed E-state index contributed by atoms with van der Waals surface area (Å²) in [6, 6.07) is 0. The van der Waals surface area contributed by atoms with Gasteiger partial charge in [0, 0.05) is 12.1 Å². The molecule has 2 heteroatoms. The van der Waals surface area contributed by atoms with Crippen molar-refractivity contribution in [2.75, 3.05) is 13.1 Å². The van der Waals surface area contributed by atoms with E-state index >= 15 is 0 Å². The predicted octanol–water partition coefficient (Wildman–Crippen LogP) is 2.43. The molecule has 0 aromatic heterocycles. The summed E-state index contributed by atoms with van der Waals surface area (Å²) >= 11 is 0. The highest BCUT2D eigenvalue weighted by atomic mass is 15.0. The van der Waals surface area contributed by atoms with E-state index in [2.05, 4.69) is 5.32 Å². The summed E-state index contributed by atoms with van der Waals surface area (Å²) in [5.74, 6) is 0.971. The molecule has 0 amide bonds. The van der Waals surface area contributed by atoms with E-state index in [4.69, 9.17) is 5.73 Å². The molecule has 0 heterocycles. The third-order valence-electron chi connectivity index (χ3n) is 4.16. The molecule has 2 saturated carbocycles. The monoisotopic (exact) mass is 210 g/mol. The second kappa shape index (κ2) is 5.31. The lowest BCUT2D eigenvalue weighted by atomic mass is 9.84. The fraction of sp³-hybridized carbons (Fsp3) is 1.00. The molecule has 0 saturated heterocycles. The lowest BCUT2D eigenvalue weighted by Gasteiger charge is -2.35. The first kappa shape index (κ1) is 11.4. The van der Waals surface area contributed by atoms with Crippen molar-refractivity contribution in [3.05, 3.63) is 0 Å². The van der Waals surface area contributed by atoms with E-state index in [-0.39, 0.29) is 0 Å². The minimum Gasteiger partial charge on any atom is -0.329 e. The highest BCUT2D eigenvalue weighted by molar-refractivity contribution is 4.92. The molecule has 2 fully saturated rings. The largest absolute Gasteiger partial charge is 0.329 e. The van der Waals surface area contributed by atoms with Crippen LogP contribution >= 0.6 is 0 Å². The third kappa shape index (κ3) is 3.46. The average Bonchev–Trinajstić information content (AvgIpc) is 3.01. The van der Waals surface area contributed by atoms with E-state index in [9.17, 15) is 0 Å². The first-order valence-corrected chi connectivity index (χ1v) is 6.80. The van der Waals surface area contributed by atoms with Gasteiger partial charge in [0.25, 0.3) is 0 Å². The van der Waals surface area contributed by atoms with E-state index in [1.165, 1.54) is 64.3 Å². The lowest BCUT2D eigenvalue weighted by Crippen LogP contribution is -2.52. The zero-order valence-electron chi connectivity index (χ0n) is 9.93. The Morgan fingerprint density at radius 2 is 1.60 bits per heavy atom. The predicted molar refractivity (Wildman–Crippen MR) is 64.8 cm³/mol. The zero-order valence-corrected chi connectivity index (χ0v) is 9.93. The molecule has 15 heavy (non-hydrogen) atoms. The average molecular weight is 210 g/mol. The fourth-order valence-corrected chi connectivity index (χ4v) is 2.72. The van der Waals surface area contributed by atoms with Gasteiger partial charge in [-0.15, -0.1) is 0 Å². The van der Waals surface area contributed by atoms with Crippen molar-refractivity contribution in [1.82, 2.24) is 5.32 Å². The standard InChI is InChI=1S/C13H26N2/c14-11-13(15-10-12-6-7-12)8-4-2-1-3-5-9-13/h12,15H,1-11,14H2. The van der Waals surface area contributed by atoms with Gasteiger partial charge >= 0.3 is 0 Å². The van der Waals surface area contributed by atoms with Crippen LogP contribution in [-0.2, 0) is 0 Å². The molecule has 0 spiro atoms. The quantitative estimate of drug-likeness (QED) is 0.748. The Kier molecular flexibility index (Phi) is 4.04. The Labute approximate surface area is 94.0 Å². The number of hydrogen-bond acceptors (Lipinski definition) is 2. The van der Waals surface area contributed by atoms with Gasteiger partial charge in [0.1, 0.15) is 0 Å². The summed E-state index contributed by atoms with van der Waals surface area (Å²) < 4.78 is 0. The van der Waals surface area contributed by atoms with Crippen LogP contribution in [0.3, 0.4) is 0 Å². The van der Waals surface area contributed by atoms with Crippen molar-refractivity contribution < 1.29 is 0 Å². The molecule has 2 nitrogen and oxygen atoms in total. The summed E-state index contributed by atoms with van der Waals surface area (Å²) in [6.07, 6.45) is 12.5. The highest BCUT2D eigenvalue weighted by Crippen LogP contribution is 2.31. The van der Waals surface area contributed by atoms with E-state index in [0.717, 1.165) is 12.5 Å². The van der Waals surface area contributed by atoms with Gasteiger partial charge in [-0.25, -0.2) is 0 Å². The highest BCUT2D eigenvalue weighted by Gasteiger charge is 2.31. The summed E-state index contributed by atoms with van der Waals surface area (Å²) in [7, 11) is 0. The van der Waals surface area contributed by atoms with Crippen LogP contribution in [0.5, 0.6) is 0 Å². The molecule has 2 rings (SSSR count). The third-order valence-corrected chi connectivity index (χ3v) is 4.16. The Hall–Kier alpha value is -0.0800. The molecule has 0 aliphatic heterocycles. The van der Waals surface area contributed by atoms with Crippen molar-refractivity contribution >= 4 is 0 Å². The second-order valence-corrected chi connectivity index (χ2v) is 5.58. The van der Waals surface area contributed by atoms with Gasteiger partial charge in [-0.05, 0) is 38.1 Å². The van der Waals surface area contributed by atoms with Crippen LogP contribution < -0.4 is 11.1 Å². The van der Waals surface area contributed by atoms with Crippen molar-refractivity contribution in [3.8, 4) is 0 Å². The molecule has 0 unspecified atom stereocenters. The Morgan fingerprint density at radius 1 is 1.00 bits per heavy atom. The lowest BCUT2D eigenvalue weighted by molar-refractivity contribution is 0.254. The van der Waals surface area contributed by atoms with Gasteiger partial charge in [-0.1, -0.05) is 32.1 Å². The van der Waals surface area contributed by atoms with E-state index in [0.29, 0.717) is 5.54 Å². The van der Waals surface area contributed by atoms with Crippen LogP contribution in [0.15, 0.2) is 0 Å². The molecular weight excluding hydrogens is 184 g/mol. The molecule has 0 aromatic rings. The number of rotatable bonds is 4. The molecule has 0 aromatic carbocycles. The molecule has 2 aliphatic carbocycles. The number of hydrogen-bond donors (Lipinski definition) is 2. The molecule has 0 radical (unpaired) electrons. The SMILES string of the molecule is NCC1(NCC2CC2)CCCCCCC1. The molecule has 2 aliphatic rings. The number of nitrogens with one attached hydrogen (secondary N) is 1. The maximum Gasteiger partial charge on any atom is 0.0304 e. The van der Waals surface area contributed by atoms with Crippen molar-refractivity contribution in [2.24, 2.45) is 11.7 Å². The van der Waals surface area contributed by atoms with Gasteiger partial charge in [0.05, 0.1) is 0 Å². The Bertz CT molecular complexity index is 179. The van der Waals surface area contributed by atoms with E-state index in [1.807, 2.05) is 0 Å². The maximum absolute atomic E-state index is 6.00. The van der Waals surface area contributed by atoms with Gasteiger partial charge in [0.2, 0.25) is 0 Å². The van der Waals surface area contributed by atoms with Gasteiger partial charge in [0.15, 0.2) is 0 Å². The number of nitrogens with two attached hydrogens (primary N) is 1. The zero-order chi connectivity index (χ0) is 10.6. The minimum absolute atomic E-state index is 0.295. The van der Waals surface area contributed by atoms with E-state index < -0.39 is 0 Å². The summed E-state index contributed by atoms with van der Waals surface area (Å²) in [5.41, 5.74) is 6.30.